The lowest BCUT2D eigenvalue weighted by Crippen LogP contribution is -2.45. The number of aliphatic imine (C=N–C) groups is 1. The van der Waals surface area contributed by atoms with Crippen molar-refractivity contribution in [1.29, 1.82) is 0 Å². The molecule has 0 aromatic carbocycles. The molecule has 1 saturated carbocycles. The van der Waals surface area contributed by atoms with Crippen LogP contribution < -0.4 is 16.0 Å². The van der Waals surface area contributed by atoms with Crippen LogP contribution in [-0.2, 0) is 4.79 Å². The summed E-state index contributed by atoms with van der Waals surface area (Å²) >= 11 is 0. The van der Waals surface area contributed by atoms with Crippen LogP contribution in [-0.4, -0.2) is 55.0 Å². The van der Waals surface area contributed by atoms with Crippen LogP contribution in [0.4, 0.5) is 4.79 Å². The Morgan fingerprint density at radius 3 is 2.58 bits per heavy atom. The first-order chi connectivity index (χ1) is 11.6. The highest BCUT2D eigenvalue weighted by Crippen LogP contribution is 2.27. The summed E-state index contributed by atoms with van der Waals surface area (Å²) in [6, 6.07) is 0.148. The van der Waals surface area contributed by atoms with Crippen LogP contribution >= 0.6 is 0 Å². The molecule has 0 aromatic heterocycles. The minimum Gasteiger partial charge on any atom is -0.357 e. The Morgan fingerprint density at radius 1 is 1.25 bits per heavy atom. The van der Waals surface area contributed by atoms with Gasteiger partial charge in [0.2, 0.25) is 5.91 Å². The second-order valence-corrected chi connectivity index (χ2v) is 6.62. The van der Waals surface area contributed by atoms with Crippen LogP contribution in [0.25, 0.3) is 0 Å². The summed E-state index contributed by atoms with van der Waals surface area (Å²) in [5.41, 5.74) is 0. The van der Waals surface area contributed by atoms with Crippen molar-refractivity contribution in [2.75, 3.05) is 26.2 Å². The Labute approximate surface area is 144 Å². The van der Waals surface area contributed by atoms with Gasteiger partial charge < -0.3 is 16.0 Å². The van der Waals surface area contributed by atoms with Gasteiger partial charge in [0.25, 0.3) is 0 Å². The van der Waals surface area contributed by atoms with E-state index in [9.17, 15) is 9.59 Å². The molecule has 1 aliphatic carbocycles. The van der Waals surface area contributed by atoms with Gasteiger partial charge in [-0.25, -0.2) is 4.79 Å². The van der Waals surface area contributed by atoms with Crippen LogP contribution in [0.1, 0.15) is 52.4 Å². The van der Waals surface area contributed by atoms with E-state index >= 15 is 0 Å². The molecule has 7 heteroatoms. The summed E-state index contributed by atoms with van der Waals surface area (Å²) in [6.45, 7) is 5.92. The van der Waals surface area contributed by atoms with Gasteiger partial charge in [-0.1, -0.05) is 19.8 Å². The van der Waals surface area contributed by atoms with Crippen molar-refractivity contribution in [2.24, 2.45) is 10.9 Å². The summed E-state index contributed by atoms with van der Waals surface area (Å²) in [4.78, 5) is 28.8. The van der Waals surface area contributed by atoms with Gasteiger partial charge in [-0.15, -0.1) is 0 Å². The number of nitrogens with one attached hydrogen (secondary N) is 3. The van der Waals surface area contributed by atoms with Gasteiger partial charge in [0.05, 0.1) is 19.6 Å². The molecule has 2 rings (SSSR count). The second-order valence-electron chi connectivity index (χ2n) is 6.62. The van der Waals surface area contributed by atoms with Gasteiger partial charge in [-0.05, 0) is 38.5 Å². The molecule has 1 aliphatic heterocycles. The van der Waals surface area contributed by atoms with Crippen molar-refractivity contribution in [3.8, 4) is 0 Å². The number of imide groups is 1. The molecule has 3 amide bonds. The van der Waals surface area contributed by atoms with Gasteiger partial charge in [0, 0.05) is 12.6 Å². The fourth-order valence-corrected chi connectivity index (χ4v) is 3.46. The highest BCUT2D eigenvalue weighted by atomic mass is 16.2. The zero-order chi connectivity index (χ0) is 17.4. The Balaban J connectivity index is 1.78. The number of urea groups is 1. The summed E-state index contributed by atoms with van der Waals surface area (Å²) in [6.07, 6.45) is 7.55. The molecule has 24 heavy (non-hydrogen) atoms. The Kier molecular flexibility index (Phi) is 7.34. The average molecular weight is 337 g/mol. The number of rotatable bonds is 7. The fraction of sp³-hybridized carbons (Fsp3) is 0.824. The topological polar surface area (TPSA) is 85.8 Å². The van der Waals surface area contributed by atoms with Gasteiger partial charge in [0.1, 0.15) is 0 Å². The molecular formula is C17H31N5O2. The number of nitrogens with zero attached hydrogens (tertiary/aromatic N) is 2. The van der Waals surface area contributed by atoms with Gasteiger partial charge in [-0.3, -0.25) is 14.7 Å². The summed E-state index contributed by atoms with van der Waals surface area (Å²) in [7, 11) is 0. The number of carbonyl (C=O) groups excluding carboxylic acids is 2. The molecule has 0 unspecified atom stereocenters. The average Bonchev–Trinajstić information content (AvgIpc) is 2.89. The quantitative estimate of drug-likeness (QED) is 0.373. The maximum absolute atomic E-state index is 11.5. The Morgan fingerprint density at radius 2 is 2.00 bits per heavy atom. The van der Waals surface area contributed by atoms with Crippen molar-refractivity contribution in [2.45, 2.75) is 58.4 Å². The molecule has 2 fully saturated rings. The van der Waals surface area contributed by atoms with Crippen molar-refractivity contribution >= 4 is 17.9 Å². The number of guanidine groups is 1. The van der Waals surface area contributed by atoms with Crippen LogP contribution in [0.3, 0.4) is 0 Å². The van der Waals surface area contributed by atoms with E-state index in [0.29, 0.717) is 19.1 Å². The van der Waals surface area contributed by atoms with E-state index in [0.717, 1.165) is 18.4 Å². The molecule has 3 N–H and O–H groups in total. The molecule has 0 spiro atoms. The number of amides is 3. The molecule has 136 valence electrons. The minimum atomic E-state index is -0.317. The Hall–Kier alpha value is -1.79. The van der Waals surface area contributed by atoms with Crippen molar-refractivity contribution in [1.82, 2.24) is 20.9 Å². The smallest absolute Gasteiger partial charge is 0.324 e. The van der Waals surface area contributed by atoms with Gasteiger partial charge >= 0.3 is 6.03 Å². The summed E-state index contributed by atoms with van der Waals surface area (Å²) in [5, 5.41) is 9.27. The van der Waals surface area contributed by atoms with E-state index in [4.69, 9.17) is 0 Å². The summed E-state index contributed by atoms with van der Waals surface area (Å²) in [5.74, 6) is 1.48. The lowest BCUT2D eigenvalue weighted by Gasteiger charge is -2.30. The second kappa shape index (κ2) is 9.49. The third-order valence-corrected chi connectivity index (χ3v) is 4.76. The highest BCUT2D eigenvalue weighted by Gasteiger charge is 2.27. The third-order valence-electron chi connectivity index (χ3n) is 4.76. The predicted octanol–water partition coefficient (Wildman–Crippen LogP) is 1.45. The monoisotopic (exact) mass is 337 g/mol. The van der Waals surface area contributed by atoms with Gasteiger partial charge in [0.15, 0.2) is 5.96 Å². The largest absolute Gasteiger partial charge is 0.357 e. The van der Waals surface area contributed by atoms with E-state index in [-0.39, 0.29) is 18.5 Å². The van der Waals surface area contributed by atoms with E-state index in [1.165, 1.54) is 43.4 Å². The van der Waals surface area contributed by atoms with E-state index in [1.807, 2.05) is 6.92 Å². The maximum atomic E-state index is 11.5. The molecular weight excluding hydrogens is 306 g/mol. The zero-order valence-electron chi connectivity index (χ0n) is 14.9. The number of carbonyl (C=O) groups is 2. The van der Waals surface area contributed by atoms with Crippen molar-refractivity contribution in [3.05, 3.63) is 0 Å². The molecule has 0 radical (unpaired) electrons. The molecule has 2 aliphatic rings. The SMILES string of the molecule is CCCC1CCC(NC(=NCCN2C(=O)CNC2=O)NCC)CC1. The lowest BCUT2D eigenvalue weighted by atomic mass is 9.83. The molecule has 0 bridgehead atoms. The molecule has 0 atom stereocenters. The lowest BCUT2D eigenvalue weighted by molar-refractivity contribution is -0.124. The first kappa shape index (κ1) is 18.5. The highest BCUT2D eigenvalue weighted by molar-refractivity contribution is 6.01. The van der Waals surface area contributed by atoms with E-state index in [2.05, 4.69) is 27.9 Å². The molecule has 7 nitrogen and oxygen atoms in total. The summed E-state index contributed by atoms with van der Waals surface area (Å²) < 4.78 is 0. The molecule has 1 heterocycles. The van der Waals surface area contributed by atoms with E-state index < -0.39 is 0 Å². The van der Waals surface area contributed by atoms with Crippen molar-refractivity contribution < 1.29 is 9.59 Å². The van der Waals surface area contributed by atoms with Crippen LogP contribution in [0.15, 0.2) is 4.99 Å². The number of hydrogen-bond acceptors (Lipinski definition) is 3. The van der Waals surface area contributed by atoms with Crippen LogP contribution in [0.5, 0.6) is 0 Å². The standard InChI is InChI=1S/C17H31N5O2/c1-3-5-13-6-8-14(9-7-13)21-16(18-4-2)19-10-11-22-15(23)12-20-17(22)24/h13-14H,3-12H2,1-2H3,(H,20,24)(H2,18,19,21). The molecule has 1 saturated heterocycles. The van der Waals surface area contributed by atoms with Crippen LogP contribution in [0, 0.1) is 5.92 Å². The van der Waals surface area contributed by atoms with Crippen LogP contribution in [0.2, 0.25) is 0 Å². The first-order valence-electron chi connectivity index (χ1n) is 9.27. The first-order valence-corrected chi connectivity index (χ1v) is 9.27. The van der Waals surface area contributed by atoms with E-state index in [1.54, 1.807) is 0 Å². The molecule has 0 aromatic rings. The zero-order valence-corrected chi connectivity index (χ0v) is 14.9. The maximum Gasteiger partial charge on any atom is 0.324 e. The predicted molar refractivity (Wildman–Crippen MR) is 94.9 cm³/mol. The van der Waals surface area contributed by atoms with Gasteiger partial charge in [-0.2, -0.15) is 0 Å². The minimum absolute atomic E-state index is 0.0991. The third kappa shape index (κ3) is 5.39. The fourth-order valence-electron chi connectivity index (χ4n) is 3.46. The Bertz CT molecular complexity index is 442. The normalized spacial score (nSPS) is 24.9. The van der Waals surface area contributed by atoms with Crippen molar-refractivity contribution in [3.63, 3.8) is 0 Å². The number of hydrogen-bond donors (Lipinski definition) is 3.